The molecule has 0 saturated heterocycles. The van der Waals surface area contributed by atoms with Crippen LogP contribution in [-0.2, 0) is 0 Å². The van der Waals surface area contributed by atoms with E-state index in [2.05, 4.69) is 6.92 Å². The first-order valence-electron chi connectivity index (χ1n) is 9.21. The summed E-state index contributed by atoms with van der Waals surface area (Å²) in [5.74, 6) is 0.212. The van der Waals surface area contributed by atoms with Crippen LogP contribution >= 0.6 is 0 Å². The standard InChI is InChI=1S/C18H41N3O/c1-16(12-8-4-6-10-14-19)18(3,22)17(2,21)13-9-5-7-11-15-20/h16,22H,4-15,19-21H2,1-3H3. The molecule has 0 heterocycles. The number of hydrogen-bond acceptors (Lipinski definition) is 4. The van der Waals surface area contributed by atoms with Crippen LogP contribution in [0.4, 0.5) is 0 Å². The summed E-state index contributed by atoms with van der Waals surface area (Å²) in [6, 6.07) is 0. The second-order valence-corrected chi connectivity index (χ2v) is 7.41. The molecular weight excluding hydrogens is 274 g/mol. The van der Waals surface area contributed by atoms with Gasteiger partial charge in [0.05, 0.1) is 5.60 Å². The highest BCUT2D eigenvalue weighted by Crippen LogP contribution is 2.34. The predicted molar refractivity (Wildman–Crippen MR) is 96.7 cm³/mol. The average molecular weight is 316 g/mol. The number of unbranched alkanes of at least 4 members (excludes halogenated alkanes) is 6. The van der Waals surface area contributed by atoms with E-state index in [9.17, 15) is 5.11 Å². The number of nitrogens with two attached hydrogens (primary N) is 3. The normalized spacial score (nSPS) is 18.7. The van der Waals surface area contributed by atoms with Crippen LogP contribution in [0.25, 0.3) is 0 Å². The molecule has 0 aromatic heterocycles. The third-order valence-corrected chi connectivity index (χ3v) is 5.36. The van der Waals surface area contributed by atoms with Gasteiger partial charge in [-0.25, -0.2) is 0 Å². The van der Waals surface area contributed by atoms with Gasteiger partial charge in [-0.05, 0) is 58.5 Å². The van der Waals surface area contributed by atoms with Gasteiger partial charge >= 0.3 is 0 Å². The first-order valence-corrected chi connectivity index (χ1v) is 9.21. The van der Waals surface area contributed by atoms with Crippen molar-refractivity contribution in [3.05, 3.63) is 0 Å². The van der Waals surface area contributed by atoms with E-state index in [0.717, 1.165) is 64.5 Å². The Bertz CT molecular complexity index is 267. The molecule has 134 valence electrons. The van der Waals surface area contributed by atoms with Crippen molar-refractivity contribution in [3.8, 4) is 0 Å². The molecule has 4 heteroatoms. The van der Waals surface area contributed by atoms with Crippen LogP contribution in [0.2, 0.25) is 0 Å². The van der Waals surface area contributed by atoms with Gasteiger partial charge in [0.1, 0.15) is 0 Å². The molecule has 0 aliphatic rings. The SMILES string of the molecule is CC(CCCCCCN)C(C)(O)C(C)(N)CCCCCCN. The van der Waals surface area contributed by atoms with Crippen LogP contribution in [-0.4, -0.2) is 29.3 Å². The summed E-state index contributed by atoms with van der Waals surface area (Å²) in [7, 11) is 0. The summed E-state index contributed by atoms with van der Waals surface area (Å²) < 4.78 is 0. The van der Waals surface area contributed by atoms with E-state index in [-0.39, 0.29) is 5.92 Å². The van der Waals surface area contributed by atoms with E-state index in [1.165, 1.54) is 12.8 Å². The number of aliphatic hydroxyl groups is 1. The molecule has 0 aliphatic carbocycles. The van der Waals surface area contributed by atoms with Crippen LogP contribution in [0, 0.1) is 5.92 Å². The highest BCUT2D eigenvalue weighted by Gasteiger charge is 2.43. The Morgan fingerprint density at radius 2 is 1.27 bits per heavy atom. The minimum absolute atomic E-state index is 0.212. The molecule has 7 N–H and O–H groups in total. The first kappa shape index (κ1) is 21.8. The Morgan fingerprint density at radius 3 is 1.77 bits per heavy atom. The number of rotatable bonds is 14. The van der Waals surface area contributed by atoms with Crippen molar-refractivity contribution in [2.24, 2.45) is 23.1 Å². The Labute approximate surface area is 138 Å². The summed E-state index contributed by atoms with van der Waals surface area (Å²) in [6.07, 6.45) is 11.0. The van der Waals surface area contributed by atoms with Crippen LogP contribution in [0.3, 0.4) is 0 Å². The van der Waals surface area contributed by atoms with Crippen molar-refractivity contribution in [2.75, 3.05) is 13.1 Å². The van der Waals surface area contributed by atoms with Gasteiger partial charge in [0, 0.05) is 5.54 Å². The average Bonchev–Trinajstić information content (AvgIpc) is 2.46. The van der Waals surface area contributed by atoms with Gasteiger partial charge in [0.25, 0.3) is 0 Å². The molecule has 4 nitrogen and oxygen atoms in total. The molecule has 0 bridgehead atoms. The molecule has 3 atom stereocenters. The van der Waals surface area contributed by atoms with Gasteiger partial charge in [-0.15, -0.1) is 0 Å². The monoisotopic (exact) mass is 315 g/mol. The van der Waals surface area contributed by atoms with Crippen molar-refractivity contribution in [1.82, 2.24) is 0 Å². The molecule has 0 aromatic rings. The van der Waals surface area contributed by atoms with E-state index in [1.54, 1.807) is 0 Å². The lowest BCUT2D eigenvalue weighted by Crippen LogP contribution is -2.60. The molecule has 3 unspecified atom stereocenters. The smallest absolute Gasteiger partial charge is 0.0820 e. The first-order chi connectivity index (χ1) is 10.3. The second-order valence-electron chi connectivity index (χ2n) is 7.41. The van der Waals surface area contributed by atoms with Gasteiger partial charge in [-0.3, -0.25) is 0 Å². The fourth-order valence-electron chi connectivity index (χ4n) is 3.04. The molecule has 22 heavy (non-hydrogen) atoms. The Balaban J connectivity index is 4.17. The fourth-order valence-corrected chi connectivity index (χ4v) is 3.04. The Morgan fingerprint density at radius 1 is 0.818 bits per heavy atom. The maximum atomic E-state index is 11.0. The van der Waals surface area contributed by atoms with Gasteiger partial charge in [-0.1, -0.05) is 45.4 Å². The molecule has 0 spiro atoms. The summed E-state index contributed by atoms with van der Waals surface area (Å²) in [6.45, 7) is 7.58. The summed E-state index contributed by atoms with van der Waals surface area (Å²) in [4.78, 5) is 0. The topological polar surface area (TPSA) is 98.3 Å². The zero-order valence-electron chi connectivity index (χ0n) is 15.2. The summed E-state index contributed by atoms with van der Waals surface area (Å²) >= 11 is 0. The molecule has 0 fully saturated rings. The Hall–Kier alpha value is -0.160. The lowest BCUT2D eigenvalue weighted by Gasteiger charge is -2.44. The van der Waals surface area contributed by atoms with E-state index in [0.29, 0.717) is 0 Å². The maximum Gasteiger partial charge on any atom is 0.0820 e. The largest absolute Gasteiger partial charge is 0.388 e. The molecular formula is C18H41N3O. The zero-order chi connectivity index (χ0) is 17.1. The van der Waals surface area contributed by atoms with Gasteiger partial charge in [0.2, 0.25) is 0 Å². The predicted octanol–water partition coefficient (Wildman–Crippen LogP) is 2.91. The second kappa shape index (κ2) is 11.4. The molecule has 0 saturated carbocycles. The fraction of sp³-hybridized carbons (Fsp3) is 1.00. The van der Waals surface area contributed by atoms with E-state index in [4.69, 9.17) is 17.2 Å². The van der Waals surface area contributed by atoms with E-state index in [1.807, 2.05) is 13.8 Å². The maximum absolute atomic E-state index is 11.0. The molecule has 0 radical (unpaired) electrons. The van der Waals surface area contributed by atoms with Gasteiger partial charge in [0.15, 0.2) is 0 Å². The van der Waals surface area contributed by atoms with Crippen LogP contribution in [0.5, 0.6) is 0 Å². The van der Waals surface area contributed by atoms with Crippen LogP contribution in [0.1, 0.15) is 85.0 Å². The van der Waals surface area contributed by atoms with Gasteiger partial charge in [-0.2, -0.15) is 0 Å². The summed E-state index contributed by atoms with van der Waals surface area (Å²) in [5, 5.41) is 11.0. The lowest BCUT2D eigenvalue weighted by atomic mass is 9.71. The van der Waals surface area contributed by atoms with E-state index < -0.39 is 11.1 Å². The third-order valence-electron chi connectivity index (χ3n) is 5.36. The highest BCUT2D eigenvalue weighted by molar-refractivity contribution is 5.00. The van der Waals surface area contributed by atoms with Crippen molar-refractivity contribution in [1.29, 1.82) is 0 Å². The molecule has 0 amide bonds. The minimum Gasteiger partial charge on any atom is -0.388 e. The molecule has 0 aromatic carbocycles. The highest BCUT2D eigenvalue weighted by atomic mass is 16.3. The van der Waals surface area contributed by atoms with Gasteiger partial charge < -0.3 is 22.3 Å². The molecule has 0 rings (SSSR count). The van der Waals surface area contributed by atoms with Crippen molar-refractivity contribution in [2.45, 2.75) is 96.1 Å². The van der Waals surface area contributed by atoms with Crippen molar-refractivity contribution in [3.63, 3.8) is 0 Å². The van der Waals surface area contributed by atoms with Crippen molar-refractivity contribution < 1.29 is 5.11 Å². The summed E-state index contributed by atoms with van der Waals surface area (Å²) in [5.41, 5.74) is 16.1. The Kier molecular flexibility index (Phi) is 11.3. The van der Waals surface area contributed by atoms with Crippen LogP contribution < -0.4 is 17.2 Å². The third kappa shape index (κ3) is 7.91. The number of hydrogen-bond donors (Lipinski definition) is 4. The lowest BCUT2D eigenvalue weighted by molar-refractivity contribution is -0.0637. The zero-order valence-corrected chi connectivity index (χ0v) is 15.2. The van der Waals surface area contributed by atoms with Crippen LogP contribution in [0.15, 0.2) is 0 Å². The van der Waals surface area contributed by atoms with Crippen molar-refractivity contribution >= 4 is 0 Å². The van der Waals surface area contributed by atoms with E-state index >= 15 is 0 Å². The molecule has 0 aliphatic heterocycles. The quantitative estimate of drug-likeness (QED) is 0.370. The minimum atomic E-state index is -0.825.